The Hall–Kier alpha value is -0.700. The summed E-state index contributed by atoms with van der Waals surface area (Å²) in [7, 11) is -3.99. The maximum atomic E-state index is 11.1. The molecule has 0 aliphatic rings. The van der Waals surface area contributed by atoms with Crippen molar-refractivity contribution in [2.75, 3.05) is 118 Å². The smallest absolute Gasteiger partial charge is 0.327 e. The van der Waals surface area contributed by atoms with Crippen LogP contribution in [0.5, 0.6) is 0 Å². The molecule has 0 fully saturated rings. The van der Waals surface area contributed by atoms with Crippen LogP contribution >= 0.6 is 7.60 Å². The molecule has 0 saturated carbocycles. The van der Waals surface area contributed by atoms with Gasteiger partial charge in [0.2, 0.25) is 0 Å². The van der Waals surface area contributed by atoms with Crippen LogP contribution in [0.15, 0.2) is 0 Å². The summed E-state index contributed by atoms with van der Waals surface area (Å²) in [6.07, 6.45) is -0.0392. The lowest BCUT2D eigenvalue weighted by atomic mass is 10.5. The number of rotatable bonds is 28. The Morgan fingerprint density at radius 2 is 0.829 bits per heavy atom. The van der Waals surface area contributed by atoms with Crippen LogP contribution in [0, 0.1) is 0 Å². The summed E-state index contributed by atoms with van der Waals surface area (Å²) in [4.78, 5) is 28.4. The summed E-state index contributed by atoms with van der Waals surface area (Å²) < 4.78 is 57.9. The minimum atomic E-state index is -3.99. The van der Waals surface area contributed by atoms with E-state index >= 15 is 0 Å². The lowest BCUT2D eigenvalue weighted by Gasteiger charge is -2.09. The molecule has 0 rings (SSSR count). The highest BCUT2D eigenvalue weighted by atomic mass is 31.2. The maximum Gasteiger partial charge on any atom is 0.327 e. The first-order chi connectivity index (χ1) is 17.0. The SMILES string of the molecule is CCOC(=O)CCOCCOCCOCCOCCOCCOCCOCCOCCP(=O)(O)O. The Bertz CT molecular complexity index is 504. The van der Waals surface area contributed by atoms with E-state index < -0.39 is 7.60 Å². The molecule has 14 heteroatoms. The second-order valence-electron chi connectivity index (χ2n) is 6.84. The lowest BCUT2D eigenvalue weighted by Crippen LogP contribution is -2.15. The zero-order valence-corrected chi connectivity index (χ0v) is 21.7. The van der Waals surface area contributed by atoms with Crippen molar-refractivity contribution in [3.05, 3.63) is 0 Å². The molecule has 0 aliphatic heterocycles. The molecule has 0 aromatic heterocycles. The predicted octanol–water partition coefficient (Wildman–Crippen LogP) is 0.250. The molecular weight excluding hydrogens is 491 g/mol. The standard InChI is InChI=1S/C21H43O13P/c1-2-34-21(22)3-4-26-5-6-27-7-8-28-9-10-29-11-12-30-13-14-31-15-16-32-17-18-33-19-20-35(23,24)25/h2-20H2,1H3,(H2,23,24,25). The van der Waals surface area contributed by atoms with Crippen LogP contribution in [0.3, 0.4) is 0 Å². The first-order valence-corrected chi connectivity index (χ1v) is 13.6. The monoisotopic (exact) mass is 534 g/mol. The normalized spacial score (nSPS) is 11.7. The average molecular weight is 535 g/mol. The summed E-state index contributed by atoms with van der Waals surface area (Å²) in [6, 6.07) is 0. The van der Waals surface area contributed by atoms with Crippen LogP contribution in [-0.2, 0) is 52.0 Å². The quantitative estimate of drug-likeness (QED) is 0.0800. The van der Waals surface area contributed by atoms with Crippen LogP contribution < -0.4 is 0 Å². The van der Waals surface area contributed by atoms with Crippen molar-refractivity contribution in [2.24, 2.45) is 0 Å². The molecule has 0 aromatic carbocycles. The van der Waals surface area contributed by atoms with E-state index in [0.717, 1.165) is 0 Å². The molecule has 0 bridgehead atoms. The van der Waals surface area contributed by atoms with E-state index in [1.807, 2.05) is 0 Å². The molecule has 0 aliphatic carbocycles. The van der Waals surface area contributed by atoms with Gasteiger partial charge < -0.3 is 52.4 Å². The molecule has 0 amide bonds. The van der Waals surface area contributed by atoms with Crippen molar-refractivity contribution in [3.63, 3.8) is 0 Å². The molecule has 0 aromatic rings. The van der Waals surface area contributed by atoms with E-state index in [4.69, 9.17) is 52.4 Å². The summed E-state index contributed by atoms with van der Waals surface area (Å²) in [6.45, 7) is 8.47. The molecule has 0 radical (unpaired) electrons. The Kier molecular flexibility index (Phi) is 25.8. The Balaban J connectivity index is 3.08. The van der Waals surface area contributed by atoms with E-state index in [1.165, 1.54) is 0 Å². The Morgan fingerprint density at radius 3 is 1.11 bits per heavy atom. The lowest BCUT2D eigenvalue weighted by molar-refractivity contribution is -0.144. The van der Waals surface area contributed by atoms with Gasteiger partial charge in [-0.05, 0) is 6.92 Å². The highest BCUT2D eigenvalue weighted by Gasteiger charge is 2.11. The van der Waals surface area contributed by atoms with Gasteiger partial charge in [-0.2, -0.15) is 0 Å². The second kappa shape index (κ2) is 26.4. The molecule has 13 nitrogen and oxygen atoms in total. The van der Waals surface area contributed by atoms with Crippen LogP contribution in [0.4, 0.5) is 0 Å². The average Bonchev–Trinajstić information content (AvgIpc) is 2.80. The van der Waals surface area contributed by atoms with Gasteiger partial charge in [0, 0.05) is 0 Å². The molecule has 2 N–H and O–H groups in total. The van der Waals surface area contributed by atoms with Crippen LogP contribution in [-0.4, -0.2) is 134 Å². The van der Waals surface area contributed by atoms with Crippen molar-refractivity contribution in [3.8, 4) is 0 Å². The third-order valence-corrected chi connectivity index (χ3v) is 4.65. The number of hydrogen-bond acceptors (Lipinski definition) is 11. The minimum absolute atomic E-state index is 0.00610. The summed E-state index contributed by atoms with van der Waals surface area (Å²) in [5.74, 6) is -0.260. The highest BCUT2D eigenvalue weighted by Crippen LogP contribution is 2.33. The third kappa shape index (κ3) is 31.3. The zero-order valence-electron chi connectivity index (χ0n) is 20.8. The number of carbonyl (C=O) groups is 1. The number of ether oxygens (including phenoxy) is 9. The molecule has 0 spiro atoms. The summed E-state index contributed by atoms with van der Waals surface area (Å²) >= 11 is 0. The fourth-order valence-electron chi connectivity index (χ4n) is 2.21. The van der Waals surface area contributed by atoms with Gasteiger partial charge in [0.15, 0.2) is 0 Å². The van der Waals surface area contributed by atoms with Gasteiger partial charge in [-0.3, -0.25) is 9.36 Å². The van der Waals surface area contributed by atoms with E-state index in [2.05, 4.69) is 0 Å². The second-order valence-corrected chi connectivity index (χ2v) is 8.62. The summed E-state index contributed by atoms with van der Waals surface area (Å²) in [5, 5.41) is 0. The van der Waals surface area contributed by atoms with Gasteiger partial charge >= 0.3 is 13.6 Å². The molecule has 210 valence electrons. The summed E-state index contributed by atoms with van der Waals surface area (Å²) in [5.41, 5.74) is 0. The van der Waals surface area contributed by atoms with Crippen LogP contribution in [0.1, 0.15) is 13.3 Å². The number of esters is 1. The van der Waals surface area contributed by atoms with E-state index in [0.29, 0.717) is 99.1 Å². The fourth-order valence-corrected chi connectivity index (χ4v) is 2.58. The topological polar surface area (TPSA) is 158 Å². The minimum Gasteiger partial charge on any atom is -0.466 e. The van der Waals surface area contributed by atoms with Gasteiger partial charge in [-0.25, -0.2) is 0 Å². The predicted molar refractivity (Wildman–Crippen MR) is 125 cm³/mol. The van der Waals surface area contributed by atoms with Crippen molar-refractivity contribution >= 4 is 13.6 Å². The van der Waals surface area contributed by atoms with Gasteiger partial charge in [-0.1, -0.05) is 0 Å². The van der Waals surface area contributed by atoms with E-state index in [-0.39, 0.29) is 31.8 Å². The molecule has 0 saturated heterocycles. The zero-order chi connectivity index (χ0) is 25.9. The molecule has 0 unspecified atom stereocenters. The first-order valence-electron chi connectivity index (χ1n) is 11.8. The van der Waals surface area contributed by atoms with Crippen molar-refractivity contribution in [1.82, 2.24) is 0 Å². The van der Waals surface area contributed by atoms with Crippen LogP contribution in [0.25, 0.3) is 0 Å². The van der Waals surface area contributed by atoms with Gasteiger partial charge in [-0.15, -0.1) is 0 Å². The van der Waals surface area contributed by atoms with E-state index in [9.17, 15) is 9.36 Å². The Morgan fingerprint density at radius 1 is 0.543 bits per heavy atom. The molecular formula is C21H43O13P. The Labute approximate surface area is 207 Å². The van der Waals surface area contributed by atoms with Crippen molar-refractivity contribution < 1.29 is 61.8 Å². The van der Waals surface area contributed by atoms with Gasteiger partial charge in [0.25, 0.3) is 0 Å². The first kappa shape index (κ1) is 34.3. The van der Waals surface area contributed by atoms with Gasteiger partial charge in [0.05, 0.1) is 125 Å². The fraction of sp³-hybridized carbons (Fsp3) is 0.952. The number of hydrogen-bond donors (Lipinski definition) is 2. The largest absolute Gasteiger partial charge is 0.466 e. The van der Waals surface area contributed by atoms with Crippen molar-refractivity contribution in [1.29, 1.82) is 0 Å². The van der Waals surface area contributed by atoms with Crippen LogP contribution in [0.2, 0.25) is 0 Å². The van der Waals surface area contributed by atoms with E-state index in [1.54, 1.807) is 6.92 Å². The molecule has 0 heterocycles. The maximum absolute atomic E-state index is 11.1. The molecule has 0 atom stereocenters. The van der Waals surface area contributed by atoms with Gasteiger partial charge in [0.1, 0.15) is 0 Å². The highest BCUT2D eigenvalue weighted by molar-refractivity contribution is 7.51. The van der Waals surface area contributed by atoms with Crippen molar-refractivity contribution in [2.45, 2.75) is 13.3 Å². The number of carbonyl (C=O) groups excluding carboxylic acids is 1. The third-order valence-electron chi connectivity index (χ3n) is 3.89. The molecule has 35 heavy (non-hydrogen) atoms.